The molecule has 0 spiro atoms. The fourth-order valence-corrected chi connectivity index (χ4v) is 1.61. The number of rotatable bonds is 4. The van der Waals surface area contributed by atoms with E-state index in [4.69, 9.17) is 4.74 Å². The van der Waals surface area contributed by atoms with Crippen molar-refractivity contribution < 1.29 is 9.66 Å². The maximum Gasteiger partial charge on any atom is 0.287 e. The molecule has 5 heteroatoms. The molecule has 1 aromatic rings. The van der Waals surface area contributed by atoms with Crippen LogP contribution in [0.4, 0.5) is 5.69 Å². The minimum Gasteiger partial charge on any atom is -0.493 e. The average molecular weight is 272 g/mol. The minimum atomic E-state index is -0.423. The monoisotopic (exact) mass is 271 g/mol. The lowest BCUT2D eigenvalue weighted by molar-refractivity contribution is -0.385. The molecule has 1 saturated carbocycles. The quantitative estimate of drug-likeness (QED) is 0.625. The van der Waals surface area contributed by atoms with Crippen molar-refractivity contribution >= 4 is 21.6 Å². The van der Waals surface area contributed by atoms with Crippen molar-refractivity contribution in [1.82, 2.24) is 0 Å². The van der Waals surface area contributed by atoms with Crippen molar-refractivity contribution in [1.29, 1.82) is 0 Å². The SMILES string of the molecule is O=[N+]([O-])c1cc(OCC2CC2)ccc1Br. The van der Waals surface area contributed by atoms with Gasteiger partial charge in [0.05, 0.1) is 22.1 Å². The third kappa shape index (κ3) is 2.68. The maximum absolute atomic E-state index is 10.6. The normalized spacial score (nSPS) is 15.0. The minimum absolute atomic E-state index is 0.0447. The molecule has 15 heavy (non-hydrogen) atoms. The molecule has 0 aliphatic heterocycles. The Morgan fingerprint density at radius 1 is 1.53 bits per heavy atom. The van der Waals surface area contributed by atoms with Crippen LogP contribution in [0.3, 0.4) is 0 Å². The van der Waals surface area contributed by atoms with Crippen LogP contribution in [0.25, 0.3) is 0 Å². The number of hydrogen-bond acceptors (Lipinski definition) is 3. The molecule has 0 atom stereocenters. The first kappa shape index (κ1) is 10.4. The van der Waals surface area contributed by atoms with E-state index in [1.54, 1.807) is 12.1 Å². The van der Waals surface area contributed by atoms with Gasteiger partial charge in [-0.2, -0.15) is 0 Å². The van der Waals surface area contributed by atoms with Gasteiger partial charge < -0.3 is 4.74 Å². The Bertz CT molecular complexity index is 390. The molecule has 80 valence electrons. The Morgan fingerprint density at radius 3 is 2.87 bits per heavy atom. The zero-order chi connectivity index (χ0) is 10.8. The lowest BCUT2D eigenvalue weighted by Gasteiger charge is -2.05. The molecule has 0 unspecified atom stereocenters. The molecular weight excluding hydrogens is 262 g/mol. The first-order chi connectivity index (χ1) is 7.16. The summed E-state index contributed by atoms with van der Waals surface area (Å²) < 4.78 is 5.93. The highest BCUT2D eigenvalue weighted by atomic mass is 79.9. The molecule has 1 aliphatic rings. The van der Waals surface area contributed by atoms with E-state index in [2.05, 4.69) is 15.9 Å². The Labute approximate surface area is 95.5 Å². The van der Waals surface area contributed by atoms with Gasteiger partial charge in [0, 0.05) is 0 Å². The van der Waals surface area contributed by atoms with Crippen LogP contribution in [0.5, 0.6) is 5.75 Å². The van der Waals surface area contributed by atoms with E-state index in [0.29, 0.717) is 22.7 Å². The second-order valence-electron chi connectivity index (χ2n) is 3.62. The summed E-state index contributed by atoms with van der Waals surface area (Å²) in [5.74, 6) is 1.21. The van der Waals surface area contributed by atoms with E-state index in [9.17, 15) is 10.1 Å². The summed E-state index contributed by atoms with van der Waals surface area (Å²) in [6.45, 7) is 0.665. The number of nitro benzene ring substituents is 1. The van der Waals surface area contributed by atoms with Gasteiger partial charge in [0.15, 0.2) is 0 Å². The van der Waals surface area contributed by atoms with Crippen LogP contribution in [0.15, 0.2) is 22.7 Å². The Hall–Kier alpha value is -1.10. The van der Waals surface area contributed by atoms with Crippen molar-refractivity contribution in [2.24, 2.45) is 5.92 Å². The van der Waals surface area contributed by atoms with Gasteiger partial charge in [-0.1, -0.05) is 0 Å². The third-order valence-corrected chi connectivity index (χ3v) is 2.97. The number of nitro groups is 1. The van der Waals surface area contributed by atoms with Gasteiger partial charge in [0.2, 0.25) is 0 Å². The summed E-state index contributed by atoms with van der Waals surface area (Å²) in [5.41, 5.74) is 0.0447. The summed E-state index contributed by atoms with van der Waals surface area (Å²) in [5, 5.41) is 10.6. The van der Waals surface area contributed by atoms with Gasteiger partial charge in [-0.3, -0.25) is 10.1 Å². The molecule has 1 aliphatic carbocycles. The molecule has 0 saturated heterocycles. The second-order valence-corrected chi connectivity index (χ2v) is 4.48. The van der Waals surface area contributed by atoms with Crippen molar-refractivity contribution in [3.05, 3.63) is 32.8 Å². The lowest BCUT2D eigenvalue weighted by Crippen LogP contribution is -1.99. The summed E-state index contributed by atoms with van der Waals surface area (Å²) in [6.07, 6.45) is 2.41. The zero-order valence-electron chi connectivity index (χ0n) is 7.98. The van der Waals surface area contributed by atoms with Crippen molar-refractivity contribution in [2.45, 2.75) is 12.8 Å². The molecule has 0 radical (unpaired) electrons. The van der Waals surface area contributed by atoms with E-state index in [0.717, 1.165) is 0 Å². The Morgan fingerprint density at radius 2 is 2.27 bits per heavy atom. The highest BCUT2D eigenvalue weighted by molar-refractivity contribution is 9.10. The average Bonchev–Trinajstić information content (AvgIpc) is 3.00. The van der Waals surface area contributed by atoms with Crippen molar-refractivity contribution in [2.75, 3.05) is 6.61 Å². The third-order valence-electron chi connectivity index (χ3n) is 2.30. The molecule has 0 heterocycles. The lowest BCUT2D eigenvalue weighted by atomic mass is 10.3. The molecule has 2 rings (SSSR count). The highest BCUT2D eigenvalue weighted by Gasteiger charge is 2.22. The van der Waals surface area contributed by atoms with Gasteiger partial charge in [0.25, 0.3) is 5.69 Å². The van der Waals surface area contributed by atoms with Crippen LogP contribution in [0.1, 0.15) is 12.8 Å². The maximum atomic E-state index is 10.6. The molecule has 0 bridgehead atoms. The van der Waals surface area contributed by atoms with E-state index in [1.165, 1.54) is 18.9 Å². The Kier molecular flexibility index (Phi) is 2.90. The fraction of sp³-hybridized carbons (Fsp3) is 0.400. The smallest absolute Gasteiger partial charge is 0.287 e. The van der Waals surface area contributed by atoms with Crippen molar-refractivity contribution in [3.8, 4) is 5.75 Å². The van der Waals surface area contributed by atoms with Crippen LogP contribution in [-0.4, -0.2) is 11.5 Å². The fourth-order valence-electron chi connectivity index (χ4n) is 1.22. The number of halogens is 1. The molecule has 1 fully saturated rings. The highest BCUT2D eigenvalue weighted by Crippen LogP contribution is 2.32. The molecule has 0 amide bonds. The van der Waals surface area contributed by atoms with Gasteiger partial charge >= 0.3 is 0 Å². The van der Waals surface area contributed by atoms with Crippen LogP contribution in [-0.2, 0) is 0 Å². The van der Waals surface area contributed by atoms with E-state index >= 15 is 0 Å². The molecule has 0 aromatic heterocycles. The van der Waals surface area contributed by atoms with Crippen LogP contribution in [0.2, 0.25) is 0 Å². The molecule has 1 aromatic carbocycles. The van der Waals surface area contributed by atoms with E-state index in [-0.39, 0.29) is 5.69 Å². The van der Waals surface area contributed by atoms with Crippen molar-refractivity contribution in [3.63, 3.8) is 0 Å². The topological polar surface area (TPSA) is 52.4 Å². The van der Waals surface area contributed by atoms with Crippen LogP contribution >= 0.6 is 15.9 Å². The molecular formula is C10H10BrNO3. The standard InChI is InChI=1S/C10H10BrNO3/c11-9-4-3-8(5-10(9)12(13)14)15-6-7-1-2-7/h3-5,7H,1-2,6H2. The van der Waals surface area contributed by atoms with Gasteiger partial charge in [-0.05, 0) is 46.8 Å². The number of hydrogen-bond donors (Lipinski definition) is 0. The van der Waals surface area contributed by atoms with Gasteiger partial charge in [-0.25, -0.2) is 0 Å². The number of ether oxygens (including phenoxy) is 1. The van der Waals surface area contributed by atoms with Crippen LogP contribution < -0.4 is 4.74 Å². The van der Waals surface area contributed by atoms with E-state index < -0.39 is 4.92 Å². The molecule has 4 nitrogen and oxygen atoms in total. The summed E-state index contributed by atoms with van der Waals surface area (Å²) >= 11 is 3.13. The van der Waals surface area contributed by atoms with Gasteiger partial charge in [0.1, 0.15) is 5.75 Å². The first-order valence-electron chi connectivity index (χ1n) is 4.73. The summed E-state index contributed by atoms with van der Waals surface area (Å²) in [7, 11) is 0. The van der Waals surface area contributed by atoms with Gasteiger partial charge in [-0.15, -0.1) is 0 Å². The summed E-state index contributed by atoms with van der Waals surface area (Å²) in [4.78, 5) is 10.2. The first-order valence-corrected chi connectivity index (χ1v) is 5.53. The predicted octanol–water partition coefficient (Wildman–Crippen LogP) is 3.15. The number of benzene rings is 1. The number of nitrogens with zero attached hydrogens (tertiary/aromatic N) is 1. The van der Waals surface area contributed by atoms with Crippen LogP contribution in [0, 0.1) is 16.0 Å². The van der Waals surface area contributed by atoms with E-state index in [1.807, 2.05) is 0 Å². The second kappa shape index (κ2) is 4.18. The zero-order valence-corrected chi connectivity index (χ0v) is 9.57. The summed E-state index contributed by atoms with van der Waals surface area (Å²) in [6, 6.07) is 4.83. The largest absolute Gasteiger partial charge is 0.493 e. The Balaban J connectivity index is 2.10. The predicted molar refractivity (Wildman–Crippen MR) is 59.0 cm³/mol. The molecule has 0 N–H and O–H groups in total.